The van der Waals surface area contributed by atoms with E-state index in [1.165, 1.54) is 24.9 Å². The van der Waals surface area contributed by atoms with Crippen LogP contribution in [0, 0.1) is 11.3 Å². The fraction of sp³-hybridized carbons (Fsp3) is 0.484. The number of primary amides is 1. The Hall–Kier alpha value is -4.10. The molecule has 41 heavy (non-hydrogen) atoms. The molecule has 0 radical (unpaired) electrons. The molecule has 1 saturated heterocycles. The van der Waals surface area contributed by atoms with Crippen molar-refractivity contribution in [1.29, 1.82) is 5.26 Å². The monoisotopic (exact) mass is 566 g/mol. The van der Waals surface area contributed by atoms with Crippen LogP contribution in [0.15, 0.2) is 42.0 Å². The lowest BCUT2D eigenvalue weighted by Gasteiger charge is -2.29. The molecule has 0 saturated carbocycles. The Labute approximate surface area is 242 Å². The highest BCUT2D eigenvalue weighted by Crippen LogP contribution is 2.26. The van der Waals surface area contributed by atoms with Crippen LogP contribution in [-0.2, 0) is 23.8 Å². The normalized spacial score (nSPS) is 13.4. The number of nitrogens with one attached hydrogen (secondary N) is 1. The number of nitriles is 1. The zero-order valence-electron chi connectivity index (χ0n) is 24.5. The second kappa shape index (κ2) is 16.9. The number of piperidine rings is 1. The summed E-state index contributed by atoms with van der Waals surface area (Å²) in [4.78, 5) is 35.8. The molecule has 10 heteroatoms. The number of ether oxygens (including phenoxy) is 3. The van der Waals surface area contributed by atoms with Crippen LogP contribution in [-0.4, -0.2) is 63.0 Å². The van der Waals surface area contributed by atoms with Crippen LogP contribution in [0.1, 0.15) is 58.9 Å². The molecule has 1 aliphatic heterocycles. The van der Waals surface area contributed by atoms with E-state index in [1.807, 2.05) is 24.3 Å². The van der Waals surface area contributed by atoms with Crippen molar-refractivity contribution < 1.29 is 28.6 Å². The molecular weight excluding hydrogens is 524 g/mol. The number of nitrogens with two attached hydrogens (primary N) is 1. The Morgan fingerprint density at radius 3 is 2.32 bits per heavy atom. The molecule has 1 fully saturated rings. The topological polar surface area (TPSA) is 144 Å². The van der Waals surface area contributed by atoms with Crippen LogP contribution in [0.5, 0.6) is 0 Å². The lowest BCUT2D eigenvalue weighted by Crippen LogP contribution is -2.29. The molecule has 0 spiro atoms. The smallest absolute Gasteiger partial charge is 0.405 e. The van der Waals surface area contributed by atoms with Crippen LogP contribution in [0.4, 0.5) is 10.5 Å². The van der Waals surface area contributed by atoms with Crippen LogP contribution < -0.4 is 16.0 Å². The van der Waals surface area contributed by atoms with Crippen molar-refractivity contribution >= 4 is 40.5 Å². The van der Waals surface area contributed by atoms with Crippen LogP contribution >= 0.6 is 0 Å². The van der Waals surface area contributed by atoms with Crippen molar-refractivity contribution in [3.63, 3.8) is 0 Å². The van der Waals surface area contributed by atoms with Crippen molar-refractivity contribution in [2.75, 3.05) is 44.4 Å². The Morgan fingerprint density at radius 1 is 1.02 bits per heavy atom. The van der Waals surface area contributed by atoms with Gasteiger partial charge in [0.2, 0.25) is 0 Å². The Kier molecular flexibility index (Phi) is 13.6. The third kappa shape index (κ3) is 12.7. The van der Waals surface area contributed by atoms with Gasteiger partial charge in [-0.2, -0.15) is 5.26 Å². The quantitative estimate of drug-likeness (QED) is 0.182. The van der Waals surface area contributed by atoms with Crippen molar-refractivity contribution in [3.05, 3.63) is 47.5 Å². The van der Waals surface area contributed by atoms with Gasteiger partial charge in [-0.3, -0.25) is 9.59 Å². The van der Waals surface area contributed by atoms with Crippen LogP contribution in [0.3, 0.4) is 0 Å². The molecule has 1 heterocycles. The van der Waals surface area contributed by atoms with Crippen molar-refractivity contribution in [3.8, 4) is 6.07 Å². The zero-order chi connectivity index (χ0) is 30.3. The third-order valence-electron chi connectivity index (χ3n) is 5.96. The van der Waals surface area contributed by atoms with Crippen molar-refractivity contribution in [2.24, 2.45) is 5.73 Å². The highest BCUT2D eigenvalue weighted by molar-refractivity contribution is 6.02. The van der Waals surface area contributed by atoms with E-state index in [9.17, 15) is 19.6 Å². The van der Waals surface area contributed by atoms with Gasteiger partial charge in [0.25, 0.3) is 5.91 Å². The lowest BCUT2D eigenvalue weighted by atomic mass is 10.0. The minimum Gasteiger partial charge on any atom is -0.463 e. The maximum Gasteiger partial charge on any atom is 0.405 e. The molecule has 3 N–H and O–H groups in total. The Bertz CT molecular complexity index is 1240. The van der Waals surface area contributed by atoms with E-state index < -0.39 is 17.6 Å². The van der Waals surface area contributed by atoms with E-state index in [-0.39, 0.29) is 37.9 Å². The number of amides is 2. The number of rotatable bonds is 10. The molecular formula is C31H42N4O6. The van der Waals surface area contributed by atoms with E-state index >= 15 is 0 Å². The minimum atomic E-state index is -0.725. The average molecular weight is 567 g/mol. The van der Waals surface area contributed by atoms with Crippen molar-refractivity contribution in [2.45, 2.75) is 59.0 Å². The number of nitrogens with zero attached hydrogens (tertiary/aromatic N) is 2. The van der Waals surface area contributed by atoms with Gasteiger partial charge >= 0.3 is 12.1 Å². The van der Waals surface area contributed by atoms with E-state index in [1.54, 1.807) is 33.8 Å². The number of carbonyl (C=O) groups excluding carboxylic acids is 3. The van der Waals surface area contributed by atoms with Crippen LogP contribution in [0.2, 0.25) is 0 Å². The average Bonchev–Trinajstić information content (AvgIpc) is 2.94. The van der Waals surface area contributed by atoms with E-state index in [0.717, 1.165) is 29.4 Å². The molecule has 0 aromatic heterocycles. The molecule has 0 unspecified atom stereocenters. The summed E-state index contributed by atoms with van der Waals surface area (Å²) in [5.41, 5.74) is 6.35. The van der Waals surface area contributed by atoms with E-state index in [4.69, 9.17) is 15.2 Å². The molecule has 222 valence electrons. The predicted molar refractivity (Wildman–Crippen MR) is 159 cm³/mol. The largest absolute Gasteiger partial charge is 0.463 e. The number of hydrogen-bond acceptors (Lipinski definition) is 8. The predicted octanol–water partition coefficient (Wildman–Crippen LogP) is 4.70. The Morgan fingerprint density at radius 2 is 1.71 bits per heavy atom. The number of anilines is 1. The van der Waals surface area contributed by atoms with Gasteiger partial charge in [0.1, 0.15) is 23.9 Å². The number of carbonyl (C=O) groups is 3. The maximum atomic E-state index is 12.3. The first-order chi connectivity index (χ1) is 19.5. The summed E-state index contributed by atoms with van der Waals surface area (Å²) in [6.07, 6.45) is 4.98. The van der Waals surface area contributed by atoms with Gasteiger partial charge in [-0.15, -0.1) is 0 Å². The summed E-state index contributed by atoms with van der Waals surface area (Å²) >= 11 is 0. The lowest BCUT2D eigenvalue weighted by molar-refractivity contribution is -0.144. The summed E-state index contributed by atoms with van der Waals surface area (Å²) in [5.74, 6) is -0.717. The number of fused-ring (bicyclic) bond motifs is 1. The van der Waals surface area contributed by atoms with Gasteiger partial charge in [0.05, 0.1) is 13.2 Å². The Balaban J connectivity index is 0.000000642. The maximum absolute atomic E-state index is 12.3. The second-order valence-electron chi connectivity index (χ2n) is 10.5. The number of esters is 1. The van der Waals surface area contributed by atoms with Gasteiger partial charge in [-0.1, -0.05) is 25.1 Å². The molecule has 0 bridgehead atoms. The number of hydrogen-bond donors (Lipinski definition) is 2. The summed E-state index contributed by atoms with van der Waals surface area (Å²) < 4.78 is 14.8. The fourth-order valence-electron chi connectivity index (χ4n) is 4.06. The zero-order valence-corrected chi connectivity index (χ0v) is 24.5. The molecule has 2 aromatic carbocycles. The highest BCUT2D eigenvalue weighted by atomic mass is 16.6. The summed E-state index contributed by atoms with van der Waals surface area (Å²) in [7, 11) is 0. The molecule has 2 amide bonds. The molecule has 3 rings (SSSR count). The van der Waals surface area contributed by atoms with Gasteiger partial charge in [-0.05, 0) is 80.6 Å². The first-order valence-electron chi connectivity index (χ1n) is 13.9. The van der Waals surface area contributed by atoms with E-state index in [0.29, 0.717) is 6.42 Å². The van der Waals surface area contributed by atoms with Gasteiger partial charge in [-0.25, -0.2) is 4.79 Å². The SMILES string of the molecule is CC(C)(C)OC(N)=O.CCC(=O)OCCOCCNC(=O)/C(C#N)=C/c1ccc2cc(N3CCCCC3)ccc2c1. The van der Waals surface area contributed by atoms with E-state index in [2.05, 4.69) is 33.2 Å². The van der Waals surface area contributed by atoms with Crippen LogP contribution in [0.25, 0.3) is 16.8 Å². The highest BCUT2D eigenvalue weighted by Gasteiger charge is 2.13. The van der Waals surface area contributed by atoms with Gasteiger partial charge in [0.15, 0.2) is 0 Å². The van der Waals surface area contributed by atoms with Gasteiger partial charge in [0, 0.05) is 31.7 Å². The standard InChI is InChI=1S/C26H31N3O4.C5H11NO2/c1-2-25(30)33-15-14-32-13-10-28-26(31)23(19-27)17-20-6-7-22-18-24(9-8-21(22)16-20)29-11-4-3-5-12-29;1-5(2,3)8-4(6)7/h6-9,16-18H,2-5,10-15H2,1H3,(H,28,31);1-3H3,(H2,6,7)/b23-17+;. The first-order valence-corrected chi connectivity index (χ1v) is 13.9. The summed E-state index contributed by atoms with van der Waals surface area (Å²) in [5, 5.41) is 14.3. The fourth-order valence-corrected chi connectivity index (χ4v) is 4.06. The van der Waals surface area contributed by atoms with Crippen molar-refractivity contribution in [1.82, 2.24) is 5.32 Å². The molecule has 0 aliphatic carbocycles. The molecule has 2 aromatic rings. The first kappa shape index (κ1) is 33.1. The molecule has 10 nitrogen and oxygen atoms in total. The molecule has 0 atom stereocenters. The summed E-state index contributed by atoms with van der Waals surface area (Å²) in [6.45, 7) is 10.2. The summed E-state index contributed by atoms with van der Waals surface area (Å²) in [6, 6.07) is 14.4. The minimum absolute atomic E-state index is 0.0381. The third-order valence-corrected chi connectivity index (χ3v) is 5.96. The molecule has 1 aliphatic rings. The second-order valence-corrected chi connectivity index (χ2v) is 10.5. The number of benzene rings is 2. The van der Waals surface area contributed by atoms with Gasteiger partial charge < -0.3 is 30.2 Å².